The summed E-state index contributed by atoms with van der Waals surface area (Å²) in [6.45, 7) is 0. The number of amides is 1. The molecule has 0 aromatic heterocycles. The third kappa shape index (κ3) is 2.97. The number of benzene rings is 3. The second kappa shape index (κ2) is 6.98. The fourth-order valence-electron chi connectivity index (χ4n) is 3.71. The highest BCUT2D eigenvalue weighted by atomic mass is 16.5. The molecule has 1 aliphatic rings. The van der Waals surface area contributed by atoms with Gasteiger partial charge in [0.1, 0.15) is 16.9 Å². The van der Waals surface area contributed by atoms with E-state index in [9.17, 15) is 9.59 Å². The van der Waals surface area contributed by atoms with E-state index in [0.717, 1.165) is 10.8 Å². The minimum Gasteiger partial charge on any atom is -0.468 e. The molecule has 2 N–H and O–H groups in total. The number of fused-ring (bicyclic) bond motifs is 1. The Hall–Kier alpha value is -3.38. The van der Waals surface area contributed by atoms with Crippen LogP contribution in [0.15, 0.2) is 66.7 Å². The molecule has 6 nitrogen and oxygen atoms in total. The average Bonchev–Trinajstić information content (AvgIpc) is 3.50. The molecule has 3 aromatic rings. The number of hydrogen-bond donors (Lipinski definition) is 2. The fourth-order valence-corrected chi connectivity index (χ4v) is 3.71. The van der Waals surface area contributed by atoms with Crippen LogP contribution >= 0.6 is 0 Å². The zero-order chi connectivity index (χ0) is 19.7. The van der Waals surface area contributed by atoms with E-state index in [4.69, 9.17) is 14.7 Å². The lowest BCUT2D eigenvalue weighted by atomic mass is 9.92. The molecule has 1 amide bonds. The van der Waals surface area contributed by atoms with E-state index >= 15 is 0 Å². The Kier molecular flexibility index (Phi) is 4.49. The Morgan fingerprint density at radius 3 is 2.50 bits per heavy atom. The Labute approximate surface area is 161 Å². The summed E-state index contributed by atoms with van der Waals surface area (Å²) in [4.78, 5) is 24.3. The second-order valence-electron chi connectivity index (χ2n) is 6.83. The van der Waals surface area contributed by atoms with Crippen molar-refractivity contribution < 1.29 is 24.3 Å². The van der Waals surface area contributed by atoms with Gasteiger partial charge >= 0.3 is 5.97 Å². The lowest BCUT2D eigenvalue weighted by Crippen LogP contribution is -2.31. The molecule has 6 heteroatoms. The van der Waals surface area contributed by atoms with Gasteiger partial charge in [0.2, 0.25) is 5.91 Å². The van der Waals surface area contributed by atoms with E-state index in [2.05, 4.69) is 0 Å². The van der Waals surface area contributed by atoms with Crippen molar-refractivity contribution in [1.82, 2.24) is 5.48 Å². The molecule has 1 fully saturated rings. The monoisotopic (exact) mass is 377 g/mol. The summed E-state index contributed by atoms with van der Waals surface area (Å²) in [7, 11) is 1.28. The Balaban J connectivity index is 1.65. The van der Waals surface area contributed by atoms with Gasteiger partial charge in [-0.25, -0.2) is 5.48 Å². The molecule has 2 atom stereocenters. The van der Waals surface area contributed by atoms with E-state index in [-0.39, 0.29) is 6.42 Å². The van der Waals surface area contributed by atoms with Gasteiger partial charge in [0, 0.05) is 0 Å². The van der Waals surface area contributed by atoms with E-state index in [1.54, 1.807) is 29.7 Å². The summed E-state index contributed by atoms with van der Waals surface area (Å²) in [6.07, 6.45) is 0.269. The smallest absolute Gasteiger partial charge is 0.317 e. The lowest BCUT2D eigenvalue weighted by molar-refractivity contribution is -0.146. The first-order chi connectivity index (χ1) is 13.6. The minimum atomic E-state index is -1.11. The predicted octanol–water partition coefficient (Wildman–Crippen LogP) is 3.57. The third-order valence-corrected chi connectivity index (χ3v) is 5.24. The fraction of sp³-hybridized carbons (Fsp3) is 0.182. The quantitative estimate of drug-likeness (QED) is 0.403. The van der Waals surface area contributed by atoms with Crippen molar-refractivity contribution in [2.45, 2.75) is 11.8 Å². The van der Waals surface area contributed by atoms with Crippen LogP contribution in [-0.4, -0.2) is 24.2 Å². The van der Waals surface area contributed by atoms with Crippen LogP contribution in [0.1, 0.15) is 12.0 Å². The molecule has 28 heavy (non-hydrogen) atoms. The highest BCUT2D eigenvalue weighted by Gasteiger charge is 2.65. The summed E-state index contributed by atoms with van der Waals surface area (Å²) in [6, 6.07) is 20.8. The van der Waals surface area contributed by atoms with Crippen molar-refractivity contribution in [1.29, 1.82) is 0 Å². The first-order valence-corrected chi connectivity index (χ1v) is 8.88. The van der Waals surface area contributed by atoms with Gasteiger partial charge in [0.25, 0.3) is 0 Å². The molecular weight excluding hydrogens is 358 g/mol. The van der Waals surface area contributed by atoms with Crippen LogP contribution in [0, 0.1) is 5.92 Å². The van der Waals surface area contributed by atoms with E-state index in [1.807, 2.05) is 42.5 Å². The molecule has 0 bridgehead atoms. The number of rotatable bonds is 5. The minimum absolute atomic E-state index is 0.269. The molecule has 0 saturated heterocycles. The highest BCUT2D eigenvalue weighted by Crippen LogP contribution is 2.55. The van der Waals surface area contributed by atoms with Crippen LogP contribution < -0.4 is 10.2 Å². The molecule has 4 rings (SSSR count). The Bertz CT molecular complexity index is 1060. The van der Waals surface area contributed by atoms with E-state index in [1.165, 1.54) is 7.11 Å². The summed E-state index contributed by atoms with van der Waals surface area (Å²) < 4.78 is 10.9. The number of esters is 1. The van der Waals surface area contributed by atoms with Crippen molar-refractivity contribution in [2.75, 3.05) is 7.11 Å². The maximum atomic E-state index is 12.4. The van der Waals surface area contributed by atoms with Gasteiger partial charge < -0.3 is 9.47 Å². The zero-order valence-electron chi connectivity index (χ0n) is 15.2. The number of nitrogens with one attached hydrogen (secondary N) is 1. The molecule has 0 spiro atoms. The van der Waals surface area contributed by atoms with Crippen LogP contribution in [-0.2, 0) is 19.7 Å². The van der Waals surface area contributed by atoms with Crippen molar-refractivity contribution in [3.63, 3.8) is 0 Å². The number of hydroxylamine groups is 1. The van der Waals surface area contributed by atoms with E-state index < -0.39 is 23.2 Å². The molecular formula is C22H19NO5. The van der Waals surface area contributed by atoms with Gasteiger partial charge in [0.05, 0.1) is 13.0 Å². The number of ether oxygens (including phenoxy) is 2. The average molecular weight is 377 g/mol. The predicted molar refractivity (Wildman–Crippen MR) is 102 cm³/mol. The highest BCUT2D eigenvalue weighted by molar-refractivity contribution is 5.98. The van der Waals surface area contributed by atoms with Crippen LogP contribution in [0.3, 0.4) is 0 Å². The number of methoxy groups -OCH3 is 1. The van der Waals surface area contributed by atoms with Crippen LogP contribution in [0.25, 0.3) is 10.8 Å². The maximum Gasteiger partial charge on any atom is 0.317 e. The first-order valence-electron chi connectivity index (χ1n) is 8.88. The first kappa shape index (κ1) is 18.0. The number of carbonyl (C=O) groups is 2. The SMILES string of the molecule is COC(=O)[C@]1(c2cccc(Oc3ccc4ccccc4c3)c2)C[C@H]1C(=O)NO. The zero-order valence-corrected chi connectivity index (χ0v) is 15.2. The van der Waals surface area contributed by atoms with Crippen molar-refractivity contribution >= 4 is 22.6 Å². The van der Waals surface area contributed by atoms with Gasteiger partial charge in [-0.05, 0) is 47.0 Å². The van der Waals surface area contributed by atoms with Gasteiger partial charge in [0.15, 0.2) is 0 Å². The number of carbonyl (C=O) groups excluding carboxylic acids is 2. The number of hydrogen-bond acceptors (Lipinski definition) is 5. The largest absolute Gasteiger partial charge is 0.468 e. The Morgan fingerprint density at radius 2 is 1.75 bits per heavy atom. The molecule has 0 aliphatic heterocycles. The molecule has 0 heterocycles. The van der Waals surface area contributed by atoms with Crippen LogP contribution in [0.2, 0.25) is 0 Å². The Morgan fingerprint density at radius 1 is 1.00 bits per heavy atom. The normalized spacial score (nSPS) is 20.4. The topological polar surface area (TPSA) is 84.9 Å². The summed E-state index contributed by atoms with van der Waals surface area (Å²) in [5.41, 5.74) is 1.13. The van der Waals surface area contributed by atoms with Gasteiger partial charge in [-0.15, -0.1) is 0 Å². The standard InChI is InChI=1S/C22H19NO5/c1-27-21(25)22(13-19(22)20(24)23-26)16-7-4-8-17(12-16)28-18-10-9-14-5-2-3-6-15(14)11-18/h2-12,19,26H,13H2,1H3,(H,23,24)/t19-,22-/m0/s1. The van der Waals surface area contributed by atoms with Crippen molar-refractivity contribution in [3.05, 3.63) is 72.3 Å². The van der Waals surface area contributed by atoms with Crippen molar-refractivity contribution in [2.24, 2.45) is 5.92 Å². The lowest BCUT2D eigenvalue weighted by Gasteiger charge is -2.16. The molecule has 0 radical (unpaired) electrons. The molecule has 0 unspecified atom stereocenters. The third-order valence-electron chi connectivity index (χ3n) is 5.24. The van der Waals surface area contributed by atoms with Crippen molar-refractivity contribution in [3.8, 4) is 11.5 Å². The maximum absolute atomic E-state index is 12.4. The summed E-state index contributed by atoms with van der Waals surface area (Å²) in [5.74, 6) is -0.578. The summed E-state index contributed by atoms with van der Waals surface area (Å²) >= 11 is 0. The van der Waals surface area contributed by atoms with E-state index in [0.29, 0.717) is 17.1 Å². The molecule has 1 saturated carbocycles. The molecule has 3 aromatic carbocycles. The molecule has 1 aliphatic carbocycles. The van der Waals surface area contributed by atoms with Gasteiger partial charge in [-0.1, -0.05) is 42.5 Å². The van der Waals surface area contributed by atoms with Crippen LogP contribution in [0.5, 0.6) is 11.5 Å². The second-order valence-corrected chi connectivity index (χ2v) is 6.83. The van der Waals surface area contributed by atoms with Crippen LogP contribution in [0.4, 0.5) is 0 Å². The van der Waals surface area contributed by atoms with Gasteiger partial charge in [-0.3, -0.25) is 14.8 Å². The molecule has 142 valence electrons. The van der Waals surface area contributed by atoms with Gasteiger partial charge in [-0.2, -0.15) is 0 Å². The summed E-state index contributed by atoms with van der Waals surface area (Å²) in [5, 5.41) is 11.1.